The Morgan fingerprint density at radius 1 is 0.525 bits per heavy atom. The topological polar surface area (TPSA) is 184 Å². The van der Waals surface area contributed by atoms with Gasteiger partial charge in [0, 0.05) is 44.8 Å². The summed E-state index contributed by atoms with van der Waals surface area (Å²) in [6.45, 7) is 1.06. The maximum Gasteiger partial charge on any atom is 0.262 e. The number of hydrogen-bond donors (Lipinski definition) is 1. The number of aromatic nitrogens is 6. The summed E-state index contributed by atoms with van der Waals surface area (Å²) in [5, 5.41) is 10.6. The summed E-state index contributed by atoms with van der Waals surface area (Å²) in [7, 11) is -1.27. The van der Waals surface area contributed by atoms with Gasteiger partial charge < -0.3 is 18.9 Å². The largest absolute Gasteiger partial charge is 0.497 e. The summed E-state index contributed by atoms with van der Waals surface area (Å²) in [6.07, 6.45) is 6.30. The molecule has 3 heterocycles. The Morgan fingerprint density at radius 3 is 1.28 bits per heavy atom. The van der Waals surface area contributed by atoms with Gasteiger partial charge in [0.25, 0.3) is 20.0 Å². The third-order valence-corrected chi connectivity index (χ3v) is 12.7. The van der Waals surface area contributed by atoms with Crippen LogP contribution in [0.1, 0.15) is 28.1 Å². The van der Waals surface area contributed by atoms with Crippen LogP contribution in [0.3, 0.4) is 0 Å². The zero-order chi connectivity index (χ0) is 43.2. The molecule has 0 aliphatic heterocycles. The van der Waals surface area contributed by atoms with Gasteiger partial charge in [0.15, 0.2) is 10.1 Å². The number of aromatic amines is 1. The van der Waals surface area contributed by atoms with E-state index in [1.54, 1.807) is 53.1 Å². The highest BCUT2D eigenvalue weighted by Crippen LogP contribution is 2.24. The number of rotatable bonds is 18. The van der Waals surface area contributed by atoms with Crippen LogP contribution in [0.4, 0.5) is 0 Å². The number of H-pyrrole nitrogens is 1. The first-order chi connectivity index (χ1) is 29.5. The van der Waals surface area contributed by atoms with Crippen molar-refractivity contribution in [1.29, 1.82) is 0 Å². The molecule has 0 aliphatic carbocycles. The van der Waals surface area contributed by atoms with Crippen molar-refractivity contribution in [1.82, 2.24) is 38.6 Å². The molecule has 0 saturated heterocycles. The number of nitrogens with zero attached hydrogens (tertiary/aromatic N) is 7. The lowest BCUT2D eigenvalue weighted by Gasteiger charge is -2.22. The third-order valence-electron chi connectivity index (χ3n) is 9.31. The number of nitrogens with one attached hydrogen (secondary N) is 1. The molecule has 0 radical (unpaired) electrons. The number of hydrogen-bond acceptors (Lipinski definition) is 12. The summed E-state index contributed by atoms with van der Waals surface area (Å²) in [4.78, 5) is 8.34. The molecule has 7 aromatic rings. The minimum Gasteiger partial charge on any atom is -0.497 e. The molecule has 7 rings (SSSR count). The first-order valence-corrected chi connectivity index (χ1v) is 21.7. The lowest BCUT2D eigenvalue weighted by Crippen LogP contribution is -2.30. The summed E-state index contributed by atoms with van der Waals surface area (Å²) in [6, 6.07) is 33.9. The van der Waals surface area contributed by atoms with Gasteiger partial charge in [-0.1, -0.05) is 48.5 Å². The van der Waals surface area contributed by atoms with E-state index in [1.165, 1.54) is 31.6 Å². The average molecular weight is 867 g/mol. The second kappa shape index (κ2) is 20.6. The number of methoxy groups -OCH3 is 4. The number of sulfonamides is 2. The van der Waals surface area contributed by atoms with E-state index >= 15 is 0 Å². The van der Waals surface area contributed by atoms with Crippen LogP contribution in [-0.4, -0.2) is 83.8 Å². The van der Waals surface area contributed by atoms with Crippen molar-refractivity contribution in [3.05, 3.63) is 168 Å². The average Bonchev–Trinajstić information content (AvgIpc) is 4.02. The molecule has 4 aromatic carbocycles. The SMILES string of the molecule is COc1ccc(CN(Cc2ccc(OC)cc2)S(=O)(=O)c2ccn(Cc3ncccn3)n2)cc1.COc1ccc(CN(Cc2ccc(OC)cc2)S(=O)(=O)c2ccn[nH]2)cc1. The van der Waals surface area contributed by atoms with Crippen LogP contribution in [0.25, 0.3) is 0 Å². The van der Waals surface area contributed by atoms with E-state index in [0.29, 0.717) is 17.3 Å². The lowest BCUT2D eigenvalue weighted by molar-refractivity contribution is 0.395. The van der Waals surface area contributed by atoms with E-state index < -0.39 is 20.0 Å². The fourth-order valence-electron chi connectivity index (χ4n) is 5.97. The monoisotopic (exact) mass is 866 g/mol. The van der Waals surface area contributed by atoms with Crippen molar-refractivity contribution in [3.63, 3.8) is 0 Å². The standard InChI is InChI=1S/C24H25N5O4S.C19H21N3O4S/c1-32-21-8-4-19(5-9-21)16-29(17-20-6-10-22(33-2)11-7-20)34(30,31)24-12-15-28(27-24)18-23-25-13-3-14-26-23;1-25-17-7-3-15(4-8-17)13-22(27(23,24)19-11-12-20-21-19)14-16-5-9-18(26-2)10-6-16/h3-15H,16-18H2,1-2H3;3-12H,13-14H2,1-2H3,(H,20,21). The van der Waals surface area contributed by atoms with E-state index in [-0.39, 0.29) is 42.8 Å². The van der Waals surface area contributed by atoms with Gasteiger partial charge in [-0.25, -0.2) is 26.8 Å². The van der Waals surface area contributed by atoms with Crippen molar-refractivity contribution in [2.75, 3.05) is 28.4 Å². The van der Waals surface area contributed by atoms with Crippen LogP contribution in [0.2, 0.25) is 0 Å². The van der Waals surface area contributed by atoms with Crippen molar-refractivity contribution in [3.8, 4) is 23.0 Å². The molecule has 0 fully saturated rings. The van der Waals surface area contributed by atoms with Crippen LogP contribution >= 0.6 is 0 Å². The summed E-state index contributed by atoms with van der Waals surface area (Å²) >= 11 is 0. The Bertz CT molecular complexity index is 2530. The fourth-order valence-corrected chi connectivity index (χ4v) is 8.63. The Balaban J connectivity index is 0.000000210. The highest BCUT2D eigenvalue weighted by molar-refractivity contribution is 7.89. The summed E-state index contributed by atoms with van der Waals surface area (Å²) < 4.78 is 78.4. The van der Waals surface area contributed by atoms with E-state index in [1.807, 2.05) is 97.1 Å². The van der Waals surface area contributed by atoms with Crippen molar-refractivity contribution >= 4 is 20.0 Å². The van der Waals surface area contributed by atoms with Gasteiger partial charge in [-0.15, -0.1) is 0 Å². The Morgan fingerprint density at radius 2 is 0.918 bits per heavy atom. The molecule has 0 spiro atoms. The molecular weight excluding hydrogens is 821 g/mol. The van der Waals surface area contributed by atoms with Crippen LogP contribution in [-0.2, 0) is 52.8 Å². The lowest BCUT2D eigenvalue weighted by atomic mass is 10.2. The second-order valence-electron chi connectivity index (χ2n) is 13.4. The zero-order valence-electron chi connectivity index (χ0n) is 34.0. The molecule has 16 nitrogen and oxygen atoms in total. The number of benzene rings is 4. The maximum absolute atomic E-state index is 13.6. The predicted octanol–water partition coefficient (Wildman–Crippen LogP) is 5.95. The molecule has 0 aliphatic rings. The molecule has 1 N–H and O–H groups in total. The fraction of sp³-hybridized carbons (Fsp3) is 0.209. The Labute approximate surface area is 355 Å². The van der Waals surface area contributed by atoms with E-state index in [0.717, 1.165) is 33.8 Å². The minimum atomic E-state index is -3.90. The van der Waals surface area contributed by atoms with Crippen LogP contribution in [0.15, 0.2) is 150 Å². The highest BCUT2D eigenvalue weighted by atomic mass is 32.2. The summed E-state index contributed by atoms with van der Waals surface area (Å²) in [5.74, 6) is 3.39. The zero-order valence-corrected chi connectivity index (χ0v) is 35.7. The molecule has 0 amide bonds. The molecule has 61 heavy (non-hydrogen) atoms. The minimum absolute atomic E-state index is 0.0366. The van der Waals surface area contributed by atoms with E-state index in [2.05, 4.69) is 25.3 Å². The first kappa shape index (κ1) is 44.0. The predicted molar refractivity (Wildman–Crippen MR) is 227 cm³/mol. The second-order valence-corrected chi connectivity index (χ2v) is 17.2. The molecule has 0 saturated carbocycles. The van der Waals surface area contributed by atoms with Gasteiger partial charge in [0.2, 0.25) is 0 Å². The van der Waals surface area contributed by atoms with Gasteiger partial charge >= 0.3 is 0 Å². The highest BCUT2D eigenvalue weighted by Gasteiger charge is 2.28. The van der Waals surface area contributed by atoms with Crippen molar-refractivity contribution in [2.45, 2.75) is 42.8 Å². The van der Waals surface area contributed by atoms with E-state index in [9.17, 15) is 16.8 Å². The van der Waals surface area contributed by atoms with Gasteiger partial charge in [-0.3, -0.25) is 9.78 Å². The molecule has 3 aromatic heterocycles. The maximum atomic E-state index is 13.6. The molecular formula is C43H46N8O8S2. The molecule has 0 unspecified atom stereocenters. The molecule has 0 bridgehead atoms. The smallest absolute Gasteiger partial charge is 0.262 e. The van der Waals surface area contributed by atoms with Crippen molar-refractivity contribution < 1.29 is 35.8 Å². The quantitative estimate of drug-likeness (QED) is 0.107. The van der Waals surface area contributed by atoms with Gasteiger partial charge in [0.1, 0.15) is 35.4 Å². The van der Waals surface area contributed by atoms with Gasteiger partial charge in [-0.05, 0) is 89.0 Å². The normalized spacial score (nSPS) is 11.5. The third kappa shape index (κ3) is 11.8. The van der Waals surface area contributed by atoms with Crippen LogP contribution in [0, 0.1) is 0 Å². The molecule has 0 atom stereocenters. The van der Waals surface area contributed by atoms with Crippen LogP contribution in [0.5, 0.6) is 23.0 Å². The van der Waals surface area contributed by atoms with Crippen LogP contribution < -0.4 is 18.9 Å². The number of ether oxygens (including phenoxy) is 4. The summed E-state index contributed by atoms with van der Waals surface area (Å²) in [5.41, 5.74) is 3.37. The first-order valence-electron chi connectivity index (χ1n) is 18.8. The molecule has 318 valence electrons. The Kier molecular flexibility index (Phi) is 14.8. The van der Waals surface area contributed by atoms with Gasteiger partial charge in [0.05, 0.1) is 34.6 Å². The van der Waals surface area contributed by atoms with Crippen molar-refractivity contribution in [2.24, 2.45) is 0 Å². The Hall–Kier alpha value is -6.60. The van der Waals surface area contributed by atoms with E-state index in [4.69, 9.17) is 18.9 Å². The van der Waals surface area contributed by atoms with Gasteiger partial charge in [-0.2, -0.15) is 18.8 Å². The molecule has 18 heteroatoms.